The standard InChI is InChI=1S/C35H38Cl2N8O4/c1-3-25(2)45-34(46)44(24-40-45)29-7-5-27(6-8-29)41-14-16-42(17-15-41)28-9-11-30(12-10-28)47-19-31-20-48-35(49-31,21-43-23-38-22-39-43)32-13-4-26(36)18-33(32)37/h4-13,18,22-25,31H,3,14-17,19-21H2,1-2H3/t25?,31-,35-/m1/s1/i21D2. The molecule has 3 aromatic carbocycles. The highest BCUT2D eigenvalue weighted by atomic mass is 35.5. The Morgan fingerprint density at radius 2 is 1.63 bits per heavy atom. The zero-order chi connectivity index (χ0) is 35.8. The maximum absolute atomic E-state index is 12.8. The van der Waals surface area contributed by atoms with Crippen LogP contribution in [0.1, 0.15) is 34.6 Å². The molecule has 14 heteroatoms. The SMILES string of the molecule is [2H]C([2H])(n1cncn1)[C@@]1(c2ccc(Cl)cc2Cl)OC[C@@H](COc2ccc(N3CCN(c4ccc(-n5cnn(C(C)CC)c5=O)cc4)CC3)cc2)O1. The van der Waals surface area contributed by atoms with Crippen LogP contribution < -0.4 is 20.2 Å². The molecule has 2 aromatic heterocycles. The number of aromatic nitrogens is 6. The molecule has 12 nitrogen and oxygen atoms in total. The lowest BCUT2D eigenvalue weighted by atomic mass is 10.1. The first-order valence-corrected chi connectivity index (χ1v) is 17.0. The zero-order valence-corrected chi connectivity index (χ0v) is 28.7. The number of hydrogen-bond acceptors (Lipinski definition) is 9. The van der Waals surface area contributed by atoms with Crippen molar-refractivity contribution in [2.45, 2.75) is 44.7 Å². The van der Waals surface area contributed by atoms with Gasteiger partial charge in [0.15, 0.2) is 0 Å². The van der Waals surface area contributed by atoms with Crippen molar-refractivity contribution in [1.29, 1.82) is 0 Å². The van der Waals surface area contributed by atoms with Crippen LogP contribution in [0.3, 0.4) is 0 Å². The topological polar surface area (TPSA) is 105 Å². The molecule has 2 aliphatic heterocycles. The highest BCUT2D eigenvalue weighted by molar-refractivity contribution is 6.35. The molecule has 2 fully saturated rings. The number of rotatable bonds is 11. The van der Waals surface area contributed by atoms with E-state index in [0.29, 0.717) is 10.8 Å². The number of piperazine rings is 1. The van der Waals surface area contributed by atoms with Crippen LogP contribution in [0.4, 0.5) is 11.4 Å². The minimum Gasteiger partial charge on any atom is -0.491 e. The van der Waals surface area contributed by atoms with Gasteiger partial charge in [-0.2, -0.15) is 10.2 Å². The van der Waals surface area contributed by atoms with Gasteiger partial charge in [-0.3, -0.25) is 0 Å². The van der Waals surface area contributed by atoms with Gasteiger partial charge in [0, 0.05) is 48.1 Å². The number of anilines is 2. The van der Waals surface area contributed by atoms with Gasteiger partial charge in [-0.25, -0.2) is 23.7 Å². The van der Waals surface area contributed by atoms with Gasteiger partial charge in [0.05, 0.1) is 26.1 Å². The van der Waals surface area contributed by atoms with E-state index in [1.165, 1.54) is 23.4 Å². The fourth-order valence-corrected chi connectivity index (χ4v) is 6.52. The van der Waals surface area contributed by atoms with Gasteiger partial charge in [0.2, 0.25) is 5.79 Å². The Balaban J connectivity index is 0.950. The summed E-state index contributed by atoms with van der Waals surface area (Å²) in [5, 5.41) is 8.89. The van der Waals surface area contributed by atoms with Gasteiger partial charge in [-0.15, -0.1) is 0 Å². The normalized spacial score (nSPS) is 21.0. The highest BCUT2D eigenvalue weighted by Crippen LogP contribution is 2.40. The minimum atomic E-state index is -2.32. The third kappa shape index (κ3) is 7.04. The van der Waals surface area contributed by atoms with E-state index in [0.717, 1.165) is 54.3 Å². The molecule has 0 radical (unpaired) electrons. The third-order valence-electron chi connectivity index (χ3n) is 8.88. The first-order chi connectivity index (χ1) is 24.6. The summed E-state index contributed by atoms with van der Waals surface area (Å²) < 4.78 is 40.6. The predicted octanol–water partition coefficient (Wildman–Crippen LogP) is 5.58. The van der Waals surface area contributed by atoms with Crippen LogP contribution in [0.2, 0.25) is 10.0 Å². The molecule has 3 atom stereocenters. The predicted molar refractivity (Wildman–Crippen MR) is 188 cm³/mol. The first kappa shape index (κ1) is 30.7. The molecule has 1 unspecified atom stereocenters. The van der Waals surface area contributed by atoms with Crippen LogP contribution in [-0.2, 0) is 21.8 Å². The summed E-state index contributed by atoms with van der Waals surface area (Å²) >= 11 is 12.7. The fraction of sp³-hybridized carbons (Fsp3) is 0.371. The zero-order valence-electron chi connectivity index (χ0n) is 29.2. The molecule has 2 aliphatic rings. The molecule has 49 heavy (non-hydrogen) atoms. The molecule has 2 saturated heterocycles. The van der Waals surface area contributed by atoms with E-state index >= 15 is 0 Å². The largest absolute Gasteiger partial charge is 0.491 e. The first-order valence-electron chi connectivity index (χ1n) is 17.2. The number of benzene rings is 3. The van der Waals surface area contributed by atoms with Gasteiger partial charge in [0.1, 0.15) is 43.9 Å². The lowest BCUT2D eigenvalue weighted by molar-refractivity contribution is -0.190. The summed E-state index contributed by atoms with van der Waals surface area (Å²) in [6, 6.07) is 20.7. The second kappa shape index (κ2) is 14.2. The second-order valence-electron chi connectivity index (χ2n) is 12.0. The Bertz CT molecular complexity index is 2000. The average Bonchev–Trinajstić information content (AvgIpc) is 3.93. The molecule has 0 amide bonds. The van der Waals surface area contributed by atoms with Crippen LogP contribution in [0.5, 0.6) is 5.75 Å². The lowest BCUT2D eigenvalue weighted by Crippen LogP contribution is -2.46. The lowest BCUT2D eigenvalue weighted by Gasteiger charge is -2.37. The van der Waals surface area contributed by atoms with Gasteiger partial charge in [0.25, 0.3) is 0 Å². The maximum Gasteiger partial charge on any atom is 0.350 e. The molecule has 0 spiro atoms. The summed E-state index contributed by atoms with van der Waals surface area (Å²) in [5.41, 5.74) is 3.14. The Labute approximate surface area is 297 Å². The van der Waals surface area contributed by atoms with E-state index in [-0.39, 0.29) is 35.5 Å². The summed E-state index contributed by atoms with van der Waals surface area (Å²) in [6.07, 6.45) is 4.31. The number of ether oxygens (including phenoxy) is 3. The Morgan fingerprint density at radius 3 is 2.27 bits per heavy atom. The van der Waals surface area contributed by atoms with Crippen LogP contribution in [0.15, 0.2) is 90.5 Å². The molecular formula is C35H38Cl2N8O4. The maximum atomic E-state index is 12.8. The van der Waals surface area contributed by atoms with Gasteiger partial charge >= 0.3 is 5.69 Å². The molecule has 5 aromatic rings. The minimum absolute atomic E-state index is 0.0511. The Morgan fingerprint density at radius 1 is 0.959 bits per heavy atom. The summed E-state index contributed by atoms with van der Waals surface area (Å²) in [5.74, 6) is -1.28. The second-order valence-corrected chi connectivity index (χ2v) is 12.9. The molecule has 0 saturated carbocycles. The van der Waals surface area contributed by atoms with Crippen molar-refractivity contribution < 1.29 is 17.0 Å². The molecule has 7 rings (SSSR count). The van der Waals surface area contributed by atoms with E-state index in [9.17, 15) is 4.79 Å². The van der Waals surface area contributed by atoms with Crippen LogP contribution >= 0.6 is 23.2 Å². The van der Waals surface area contributed by atoms with Crippen molar-refractivity contribution in [3.8, 4) is 11.4 Å². The van der Waals surface area contributed by atoms with E-state index < -0.39 is 18.4 Å². The molecule has 256 valence electrons. The molecular weight excluding hydrogens is 667 g/mol. The van der Waals surface area contributed by atoms with E-state index in [1.807, 2.05) is 50.2 Å². The summed E-state index contributed by atoms with van der Waals surface area (Å²) in [6.45, 7) is 5.28. The van der Waals surface area contributed by atoms with Gasteiger partial charge < -0.3 is 24.0 Å². The molecule has 0 N–H and O–H groups in total. The monoisotopic (exact) mass is 706 g/mol. The van der Waals surface area contributed by atoms with Crippen LogP contribution in [0, 0.1) is 0 Å². The third-order valence-corrected chi connectivity index (χ3v) is 9.43. The Hall–Kier alpha value is -4.36. The number of nitrogens with zero attached hydrogens (tertiary/aromatic N) is 8. The average molecular weight is 708 g/mol. The highest BCUT2D eigenvalue weighted by Gasteiger charge is 2.45. The number of halogens is 2. The van der Waals surface area contributed by atoms with Crippen LogP contribution in [-0.4, -0.2) is 74.6 Å². The van der Waals surface area contributed by atoms with Crippen LogP contribution in [0.25, 0.3) is 5.69 Å². The fourth-order valence-electron chi connectivity index (χ4n) is 5.99. The van der Waals surface area contributed by atoms with Gasteiger partial charge in [-0.1, -0.05) is 36.2 Å². The Kier molecular flexibility index (Phi) is 8.92. The van der Waals surface area contributed by atoms with Crippen molar-refractivity contribution in [2.75, 3.05) is 49.2 Å². The molecule has 0 aliphatic carbocycles. The van der Waals surface area contributed by atoms with Crippen molar-refractivity contribution in [3.63, 3.8) is 0 Å². The van der Waals surface area contributed by atoms with E-state index in [1.54, 1.807) is 23.0 Å². The van der Waals surface area contributed by atoms with Crippen molar-refractivity contribution >= 4 is 34.6 Å². The smallest absolute Gasteiger partial charge is 0.350 e. The van der Waals surface area contributed by atoms with E-state index in [4.69, 9.17) is 40.2 Å². The number of hydrogen-bond donors (Lipinski definition) is 0. The molecule has 0 bridgehead atoms. The molecule has 4 heterocycles. The summed E-state index contributed by atoms with van der Waals surface area (Å²) in [4.78, 5) is 21.4. The quantitative estimate of drug-likeness (QED) is 0.174. The summed E-state index contributed by atoms with van der Waals surface area (Å²) in [7, 11) is 0. The van der Waals surface area contributed by atoms with Crippen molar-refractivity contribution in [1.82, 2.24) is 29.1 Å². The van der Waals surface area contributed by atoms with Crippen molar-refractivity contribution in [3.05, 3.63) is 112 Å². The van der Waals surface area contributed by atoms with Crippen molar-refractivity contribution in [2.24, 2.45) is 0 Å². The van der Waals surface area contributed by atoms with E-state index in [2.05, 4.69) is 37.1 Å². The van der Waals surface area contributed by atoms with Gasteiger partial charge in [-0.05, 0) is 74.0 Å².